The lowest BCUT2D eigenvalue weighted by Crippen LogP contribution is -2.10. The highest BCUT2D eigenvalue weighted by molar-refractivity contribution is 5.93. The highest BCUT2D eigenvalue weighted by Gasteiger charge is 2.12. The Labute approximate surface area is 125 Å². The van der Waals surface area contributed by atoms with Crippen LogP contribution in [0.1, 0.15) is 15.9 Å². The predicted molar refractivity (Wildman–Crippen MR) is 78.4 cm³/mol. The van der Waals surface area contributed by atoms with E-state index in [-0.39, 0.29) is 11.7 Å². The lowest BCUT2D eigenvalue weighted by atomic mass is 10.1. The molecule has 0 aliphatic carbocycles. The van der Waals surface area contributed by atoms with Crippen LogP contribution in [0.25, 0.3) is 22.8 Å². The highest BCUT2D eigenvalue weighted by atomic mass is 19.1. The van der Waals surface area contributed by atoms with Crippen LogP contribution < -0.4 is 5.73 Å². The fourth-order valence-electron chi connectivity index (χ4n) is 1.97. The van der Waals surface area contributed by atoms with E-state index < -0.39 is 5.91 Å². The fraction of sp³-hybridized carbons (Fsp3) is 0.0625. The van der Waals surface area contributed by atoms with Gasteiger partial charge in [-0.2, -0.15) is 4.98 Å². The maximum Gasteiger partial charge on any atom is 0.258 e. The number of nitrogens with zero attached hydrogens (tertiary/aromatic N) is 2. The van der Waals surface area contributed by atoms with Gasteiger partial charge in [0.25, 0.3) is 5.89 Å². The van der Waals surface area contributed by atoms with Crippen molar-refractivity contribution in [1.82, 2.24) is 10.1 Å². The summed E-state index contributed by atoms with van der Waals surface area (Å²) in [6, 6.07) is 11.2. The Morgan fingerprint density at radius 2 is 1.82 bits per heavy atom. The SMILES string of the molecule is Cc1ccc(-c2noc(-c3ccc(C(N)=O)cc3)n2)cc1F. The van der Waals surface area contributed by atoms with E-state index in [2.05, 4.69) is 10.1 Å². The average Bonchev–Trinajstić information content (AvgIpc) is 3.00. The summed E-state index contributed by atoms with van der Waals surface area (Å²) in [6.45, 7) is 1.68. The van der Waals surface area contributed by atoms with Crippen LogP contribution in [0.4, 0.5) is 4.39 Å². The smallest absolute Gasteiger partial charge is 0.258 e. The lowest BCUT2D eigenvalue weighted by molar-refractivity contribution is 0.100. The molecule has 5 nitrogen and oxygen atoms in total. The van der Waals surface area contributed by atoms with Crippen molar-refractivity contribution in [1.29, 1.82) is 0 Å². The maximum absolute atomic E-state index is 13.6. The molecule has 0 aliphatic heterocycles. The molecular formula is C16H12FN3O2. The van der Waals surface area contributed by atoms with Gasteiger partial charge in [0.05, 0.1) is 0 Å². The minimum Gasteiger partial charge on any atom is -0.366 e. The molecule has 0 bridgehead atoms. The topological polar surface area (TPSA) is 82.0 Å². The summed E-state index contributed by atoms with van der Waals surface area (Å²) in [5, 5.41) is 3.85. The van der Waals surface area contributed by atoms with Gasteiger partial charge in [0.1, 0.15) is 5.82 Å². The normalized spacial score (nSPS) is 10.6. The standard InChI is InChI=1S/C16H12FN3O2/c1-9-2-3-12(8-13(9)17)15-19-16(22-20-15)11-6-4-10(5-7-11)14(18)21/h2-8H,1H3,(H2,18,21). The molecule has 2 N–H and O–H groups in total. The molecule has 1 heterocycles. The van der Waals surface area contributed by atoms with E-state index in [0.29, 0.717) is 28.1 Å². The Kier molecular flexibility index (Phi) is 3.42. The largest absolute Gasteiger partial charge is 0.366 e. The molecule has 0 saturated carbocycles. The molecule has 0 atom stereocenters. The number of rotatable bonds is 3. The second-order valence-electron chi connectivity index (χ2n) is 4.83. The number of aromatic nitrogens is 2. The number of primary amides is 1. The number of hydrogen-bond acceptors (Lipinski definition) is 4. The van der Waals surface area contributed by atoms with Crippen LogP contribution in [0.15, 0.2) is 47.0 Å². The number of aryl methyl sites for hydroxylation is 1. The van der Waals surface area contributed by atoms with Crippen LogP contribution >= 0.6 is 0 Å². The number of carbonyl (C=O) groups excluding carboxylic acids is 1. The van der Waals surface area contributed by atoms with Gasteiger partial charge in [-0.3, -0.25) is 4.79 Å². The van der Waals surface area contributed by atoms with E-state index in [0.717, 1.165) is 0 Å². The molecule has 3 aromatic rings. The van der Waals surface area contributed by atoms with Gasteiger partial charge in [0.2, 0.25) is 11.7 Å². The van der Waals surface area contributed by atoms with Crippen LogP contribution in [0.5, 0.6) is 0 Å². The van der Waals surface area contributed by atoms with E-state index >= 15 is 0 Å². The number of halogens is 1. The molecule has 110 valence electrons. The van der Waals surface area contributed by atoms with Gasteiger partial charge in [-0.15, -0.1) is 0 Å². The number of benzene rings is 2. The summed E-state index contributed by atoms with van der Waals surface area (Å²) in [5.41, 5.74) is 7.31. The highest BCUT2D eigenvalue weighted by Crippen LogP contribution is 2.23. The molecule has 6 heteroatoms. The Bertz CT molecular complexity index is 841. The summed E-state index contributed by atoms with van der Waals surface area (Å²) in [5.74, 6) is -0.248. The third-order valence-electron chi connectivity index (χ3n) is 3.27. The molecule has 1 aromatic heterocycles. The summed E-state index contributed by atoms with van der Waals surface area (Å²) in [4.78, 5) is 15.3. The van der Waals surface area contributed by atoms with Crippen molar-refractivity contribution in [2.24, 2.45) is 5.73 Å². The Hall–Kier alpha value is -3.02. The van der Waals surface area contributed by atoms with E-state index in [1.165, 1.54) is 6.07 Å². The van der Waals surface area contributed by atoms with Gasteiger partial charge in [0, 0.05) is 16.7 Å². The minimum atomic E-state index is -0.507. The Morgan fingerprint density at radius 3 is 2.45 bits per heavy atom. The van der Waals surface area contributed by atoms with Crippen molar-refractivity contribution in [3.63, 3.8) is 0 Å². The van der Waals surface area contributed by atoms with Gasteiger partial charge >= 0.3 is 0 Å². The van der Waals surface area contributed by atoms with Gasteiger partial charge in [-0.25, -0.2) is 4.39 Å². The van der Waals surface area contributed by atoms with Gasteiger partial charge in [-0.1, -0.05) is 17.3 Å². The first-order valence-corrected chi connectivity index (χ1v) is 6.55. The second kappa shape index (κ2) is 5.40. The van der Waals surface area contributed by atoms with E-state index in [1.807, 2.05) is 0 Å². The lowest BCUT2D eigenvalue weighted by Gasteiger charge is -1.98. The quantitative estimate of drug-likeness (QED) is 0.805. The molecule has 3 rings (SSSR count). The summed E-state index contributed by atoms with van der Waals surface area (Å²) in [7, 11) is 0. The number of amides is 1. The predicted octanol–water partition coefficient (Wildman–Crippen LogP) is 2.95. The molecule has 0 radical (unpaired) electrons. The molecular weight excluding hydrogens is 285 g/mol. The zero-order chi connectivity index (χ0) is 15.7. The third-order valence-corrected chi connectivity index (χ3v) is 3.27. The van der Waals surface area contributed by atoms with Crippen molar-refractivity contribution in [2.75, 3.05) is 0 Å². The molecule has 0 spiro atoms. The number of carbonyl (C=O) groups is 1. The molecule has 0 saturated heterocycles. The first-order chi connectivity index (χ1) is 10.5. The fourth-order valence-corrected chi connectivity index (χ4v) is 1.97. The van der Waals surface area contributed by atoms with E-state index in [9.17, 15) is 9.18 Å². The summed E-state index contributed by atoms with van der Waals surface area (Å²) >= 11 is 0. The molecule has 0 aliphatic rings. The van der Waals surface area contributed by atoms with Crippen molar-refractivity contribution in [3.05, 3.63) is 59.4 Å². The molecule has 1 amide bonds. The third kappa shape index (κ3) is 2.58. The van der Waals surface area contributed by atoms with Gasteiger partial charge in [-0.05, 0) is 42.8 Å². The van der Waals surface area contributed by atoms with E-state index in [4.69, 9.17) is 10.3 Å². The maximum atomic E-state index is 13.6. The monoisotopic (exact) mass is 297 g/mol. The zero-order valence-electron chi connectivity index (χ0n) is 11.7. The Balaban J connectivity index is 1.93. The van der Waals surface area contributed by atoms with Crippen molar-refractivity contribution in [2.45, 2.75) is 6.92 Å². The molecule has 22 heavy (non-hydrogen) atoms. The average molecular weight is 297 g/mol. The van der Waals surface area contributed by atoms with Crippen molar-refractivity contribution < 1.29 is 13.7 Å². The summed E-state index contributed by atoms with van der Waals surface area (Å²) in [6.07, 6.45) is 0. The van der Waals surface area contributed by atoms with Gasteiger partial charge < -0.3 is 10.3 Å². The first-order valence-electron chi connectivity index (χ1n) is 6.55. The van der Waals surface area contributed by atoms with Crippen LogP contribution in [0, 0.1) is 12.7 Å². The number of hydrogen-bond donors (Lipinski definition) is 1. The zero-order valence-corrected chi connectivity index (χ0v) is 11.7. The molecule has 0 unspecified atom stereocenters. The Morgan fingerprint density at radius 1 is 1.14 bits per heavy atom. The van der Waals surface area contributed by atoms with Crippen LogP contribution in [-0.2, 0) is 0 Å². The number of nitrogens with two attached hydrogens (primary N) is 1. The van der Waals surface area contributed by atoms with Crippen molar-refractivity contribution >= 4 is 5.91 Å². The van der Waals surface area contributed by atoms with Crippen LogP contribution in [0.2, 0.25) is 0 Å². The van der Waals surface area contributed by atoms with Crippen LogP contribution in [0.3, 0.4) is 0 Å². The molecule has 0 fully saturated rings. The first kappa shape index (κ1) is 13.9. The summed E-state index contributed by atoms with van der Waals surface area (Å²) < 4.78 is 18.8. The minimum absolute atomic E-state index is 0.284. The van der Waals surface area contributed by atoms with E-state index in [1.54, 1.807) is 43.3 Å². The van der Waals surface area contributed by atoms with Crippen LogP contribution in [-0.4, -0.2) is 16.0 Å². The molecule has 2 aromatic carbocycles. The second-order valence-corrected chi connectivity index (χ2v) is 4.83. The van der Waals surface area contributed by atoms with Crippen molar-refractivity contribution in [3.8, 4) is 22.8 Å². The van der Waals surface area contributed by atoms with Gasteiger partial charge in [0.15, 0.2) is 0 Å².